The number of amides is 1. The van der Waals surface area contributed by atoms with Gasteiger partial charge in [-0.3, -0.25) is 4.79 Å². The fourth-order valence-corrected chi connectivity index (χ4v) is 2.04. The van der Waals surface area contributed by atoms with Crippen LogP contribution in [0.15, 0.2) is 21.4 Å². The average molecular weight is 288 g/mol. The molecule has 1 aliphatic carbocycles. The predicted octanol–water partition coefficient (Wildman–Crippen LogP) is 2.29. The molecule has 88 valence electrons. The van der Waals surface area contributed by atoms with E-state index in [-0.39, 0.29) is 5.91 Å². The number of methoxy groups -OCH3 is 1. The molecule has 0 atom stereocenters. The molecule has 0 saturated heterocycles. The Labute approximate surface area is 103 Å². The summed E-state index contributed by atoms with van der Waals surface area (Å²) in [6.45, 7) is 1.20. The molecule has 0 bridgehead atoms. The lowest BCUT2D eigenvalue weighted by Gasteiger charge is -2.21. The zero-order valence-electron chi connectivity index (χ0n) is 9.11. The van der Waals surface area contributed by atoms with Gasteiger partial charge in [0.2, 0.25) is 0 Å². The summed E-state index contributed by atoms with van der Waals surface area (Å²) < 4.78 is 10.6. The number of carbonyl (C=O) groups is 1. The van der Waals surface area contributed by atoms with Crippen LogP contribution in [-0.2, 0) is 4.74 Å². The van der Waals surface area contributed by atoms with Gasteiger partial charge in [-0.05, 0) is 34.8 Å². The Balaban J connectivity index is 2.08. The largest absolute Gasteiger partial charge is 0.457 e. The first-order valence-electron chi connectivity index (χ1n) is 5.27. The molecule has 1 aliphatic rings. The maximum atomic E-state index is 12.2. The molecule has 1 aromatic rings. The normalized spacial score (nSPS) is 15.1. The number of ether oxygens (including phenoxy) is 1. The van der Waals surface area contributed by atoms with Gasteiger partial charge in [-0.1, -0.05) is 0 Å². The van der Waals surface area contributed by atoms with E-state index in [9.17, 15) is 4.79 Å². The van der Waals surface area contributed by atoms with Crippen molar-refractivity contribution in [3.8, 4) is 0 Å². The Morgan fingerprint density at radius 1 is 1.69 bits per heavy atom. The third kappa shape index (κ3) is 2.47. The standard InChI is InChI=1S/C11H14BrNO3/c1-15-7-5-13(8-2-3-8)11(14)9-4-6-16-10(9)12/h4,6,8H,2-3,5,7H2,1H3. The van der Waals surface area contributed by atoms with Gasteiger partial charge in [0.05, 0.1) is 18.4 Å². The first-order valence-corrected chi connectivity index (χ1v) is 6.06. The van der Waals surface area contributed by atoms with Crippen LogP contribution in [0.5, 0.6) is 0 Å². The molecular weight excluding hydrogens is 274 g/mol. The Morgan fingerprint density at radius 2 is 2.44 bits per heavy atom. The van der Waals surface area contributed by atoms with Crippen molar-refractivity contribution < 1.29 is 13.9 Å². The zero-order chi connectivity index (χ0) is 11.5. The Bertz CT molecular complexity index is 373. The third-order valence-electron chi connectivity index (χ3n) is 2.63. The first-order chi connectivity index (χ1) is 7.74. The van der Waals surface area contributed by atoms with E-state index in [2.05, 4.69) is 15.9 Å². The van der Waals surface area contributed by atoms with Crippen LogP contribution in [0, 0.1) is 0 Å². The molecule has 1 fully saturated rings. The van der Waals surface area contributed by atoms with Crippen molar-refractivity contribution in [1.82, 2.24) is 4.90 Å². The summed E-state index contributed by atoms with van der Waals surface area (Å²) in [5.41, 5.74) is 0.586. The number of furan rings is 1. The summed E-state index contributed by atoms with van der Waals surface area (Å²) in [4.78, 5) is 14.1. The Morgan fingerprint density at radius 3 is 2.94 bits per heavy atom. The highest BCUT2D eigenvalue weighted by molar-refractivity contribution is 9.10. The van der Waals surface area contributed by atoms with Crippen LogP contribution in [0.2, 0.25) is 0 Å². The van der Waals surface area contributed by atoms with Gasteiger partial charge >= 0.3 is 0 Å². The molecular formula is C11H14BrNO3. The van der Waals surface area contributed by atoms with E-state index in [0.717, 1.165) is 12.8 Å². The van der Waals surface area contributed by atoms with Crippen LogP contribution in [0.25, 0.3) is 0 Å². The molecule has 0 aromatic carbocycles. The van der Waals surface area contributed by atoms with Gasteiger partial charge in [0.1, 0.15) is 0 Å². The predicted molar refractivity (Wildman–Crippen MR) is 62.3 cm³/mol. The van der Waals surface area contributed by atoms with Crippen molar-refractivity contribution in [2.75, 3.05) is 20.3 Å². The highest BCUT2D eigenvalue weighted by atomic mass is 79.9. The summed E-state index contributed by atoms with van der Waals surface area (Å²) in [6, 6.07) is 2.07. The van der Waals surface area contributed by atoms with Crippen molar-refractivity contribution >= 4 is 21.8 Å². The van der Waals surface area contributed by atoms with E-state index in [4.69, 9.17) is 9.15 Å². The fourth-order valence-electron chi connectivity index (χ4n) is 1.63. The molecule has 1 aromatic heterocycles. The zero-order valence-corrected chi connectivity index (χ0v) is 10.7. The summed E-state index contributed by atoms with van der Waals surface area (Å²) in [5, 5.41) is 0. The first kappa shape index (κ1) is 11.7. The molecule has 4 nitrogen and oxygen atoms in total. The van der Waals surface area contributed by atoms with Crippen molar-refractivity contribution in [2.45, 2.75) is 18.9 Å². The van der Waals surface area contributed by atoms with Crippen LogP contribution < -0.4 is 0 Å². The molecule has 2 rings (SSSR count). The number of nitrogens with zero attached hydrogens (tertiary/aromatic N) is 1. The molecule has 0 N–H and O–H groups in total. The van der Waals surface area contributed by atoms with Crippen LogP contribution >= 0.6 is 15.9 Å². The summed E-state index contributed by atoms with van der Waals surface area (Å²) in [6.07, 6.45) is 3.69. The van der Waals surface area contributed by atoms with Crippen LogP contribution in [-0.4, -0.2) is 37.1 Å². The Hall–Kier alpha value is -0.810. The highest BCUT2D eigenvalue weighted by Gasteiger charge is 2.33. The third-order valence-corrected chi connectivity index (χ3v) is 3.25. The monoisotopic (exact) mass is 287 g/mol. The van der Waals surface area contributed by atoms with Gasteiger partial charge in [0.25, 0.3) is 5.91 Å². The second-order valence-corrected chi connectivity index (χ2v) is 4.55. The lowest BCUT2D eigenvalue weighted by Crippen LogP contribution is -2.35. The molecule has 16 heavy (non-hydrogen) atoms. The maximum absolute atomic E-state index is 12.2. The molecule has 0 aliphatic heterocycles. The smallest absolute Gasteiger partial charge is 0.258 e. The van der Waals surface area contributed by atoms with E-state index in [0.29, 0.717) is 29.4 Å². The van der Waals surface area contributed by atoms with Gasteiger partial charge in [-0.25, -0.2) is 0 Å². The second-order valence-electron chi connectivity index (χ2n) is 3.83. The quantitative estimate of drug-likeness (QED) is 0.835. The van der Waals surface area contributed by atoms with Crippen LogP contribution in [0.3, 0.4) is 0 Å². The molecule has 1 amide bonds. The number of halogens is 1. The van der Waals surface area contributed by atoms with E-state index < -0.39 is 0 Å². The lowest BCUT2D eigenvalue weighted by molar-refractivity contribution is 0.0678. The minimum atomic E-state index is 0.0141. The number of hydrogen-bond donors (Lipinski definition) is 0. The minimum Gasteiger partial charge on any atom is -0.457 e. The van der Waals surface area contributed by atoms with Gasteiger partial charge in [-0.2, -0.15) is 0 Å². The van der Waals surface area contributed by atoms with Gasteiger partial charge in [0.15, 0.2) is 4.67 Å². The van der Waals surface area contributed by atoms with Gasteiger partial charge in [0, 0.05) is 19.7 Å². The summed E-state index contributed by atoms with van der Waals surface area (Å²) in [7, 11) is 1.64. The average Bonchev–Trinajstić information content (AvgIpc) is 3.01. The van der Waals surface area contributed by atoms with Crippen LogP contribution in [0.1, 0.15) is 23.2 Å². The van der Waals surface area contributed by atoms with Gasteiger partial charge in [-0.15, -0.1) is 0 Å². The van der Waals surface area contributed by atoms with Crippen LogP contribution in [0.4, 0.5) is 0 Å². The topological polar surface area (TPSA) is 42.7 Å². The molecule has 5 heteroatoms. The maximum Gasteiger partial charge on any atom is 0.258 e. The molecule has 0 unspecified atom stereocenters. The van der Waals surface area contributed by atoms with Crippen molar-refractivity contribution in [1.29, 1.82) is 0 Å². The molecule has 0 spiro atoms. The summed E-state index contributed by atoms with van der Waals surface area (Å²) in [5.74, 6) is 0.0141. The van der Waals surface area contributed by atoms with E-state index in [1.54, 1.807) is 13.2 Å². The van der Waals surface area contributed by atoms with E-state index in [1.165, 1.54) is 6.26 Å². The Kier molecular flexibility index (Phi) is 3.66. The molecule has 0 radical (unpaired) electrons. The molecule has 1 saturated carbocycles. The second kappa shape index (κ2) is 5.01. The highest BCUT2D eigenvalue weighted by Crippen LogP contribution is 2.29. The van der Waals surface area contributed by atoms with Crippen molar-refractivity contribution in [3.63, 3.8) is 0 Å². The van der Waals surface area contributed by atoms with E-state index in [1.807, 2.05) is 4.90 Å². The van der Waals surface area contributed by atoms with Crippen molar-refractivity contribution in [2.24, 2.45) is 0 Å². The number of hydrogen-bond acceptors (Lipinski definition) is 3. The SMILES string of the molecule is COCCN(C(=O)c1ccoc1Br)C1CC1. The minimum absolute atomic E-state index is 0.0141. The molecule has 1 heterocycles. The lowest BCUT2D eigenvalue weighted by atomic mass is 10.3. The number of rotatable bonds is 5. The van der Waals surface area contributed by atoms with E-state index >= 15 is 0 Å². The summed E-state index contributed by atoms with van der Waals surface area (Å²) >= 11 is 3.23. The van der Waals surface area contributed by atoms with Gasteiger partial charge < -0.3 is 14.1 Å². The fraction of sp³-hybridized carbons (Fsp3) is 0.545. The number of carbonyl (C=O) groups excluding carboxylic acids is 1. The van der Waals surface area contributed by atoms with Crippen molar-refractivity contribution in [3.05, 3.63) is 22.6 Å².